The number of anilines is 2. The van der Waals surface area contributed by atoms with Crippen molar-refractivity contribution in [3.63, 3.8) is 0 Å². The predicted octanol–water partition coefficient (Wildman–Crippen LogP) is 5.18. The molecule has 4 fully saturated rings. The number of imide groups is 1. The minimum absolute atomic E-state index is 0.0363. The van der Waals surface area contributed by atoms with Gasteiger partial charge in [0.25, 0.3) is 11.8 Å². The normalized spacial score (nSPS) is 25.1. The predicted molar refractivity (Wildman–Crippen MR) is 210 cm³/mol. The van der Waals surface area contributed by atoms with E-state index in [0.29, 0.717) is 64.4 Å². The molecule has 6 aliphatic rings. The standard InChI is InChI=1S/C42H44ClFN8O5/c1-45-34-8-6-29(19-32(34)43)57-28-4-2-27(3-5-28)51-24-35-30(41(51)55)7-10-38(46-35)50-13-12-25(22-50)21-48-14-16-49(17-15-48)37-20-31-26(18-33(37)44)23-52(42(31)56)36-9-11-39(53)47-40(36)54/h6-8,10,18-20,25,27-28,36H,2-5,9,11-17,21-24H2,(H,47,53,54)/t25-,27?,28?,36?/m0/s1. The minimum Gasteiger partial charge on any atom is -0.490 e. The Labute approximate surface area is 335 Å². The van der Waals surface area contributed by atoms with Crippen LogP contribution in [0.3, 0.4) is 0 Å². The SMILES string of the molecule is [C-]#[N+]c1ccc(OC2CCC(N3Cc4nc(N5CC[C@@H](CN6CCN(c7cc8c(cc7F)CN(C7CCC(=O)NC7=O)C8=O)CC6)C5)ccc4C3=O)CC2)cc1Cl. The van der Waals surface area contributed by atoms with Crippen LogP contribution in [0.25, 0.3) is 4.85 Å². The zero-order valence-electron chi connectivity index (χ0n) is 31.6. The summed E-state index contributed by atoms with van der Waals surface area (Å²) in [6.07, 6.45) is 4.87. The highest BCUT2D eigenvalue weighted by Crippen LogP contribution is 2.36. The second-order valence-corrected chi connectivity index (χ2v) is 16.5. The van der Waals surface area contributed by atoms with Crippen LogP contribution >= 0.6 is 11.6 Å². The van der Waals surface area contributed by atoms with Crippen LogP contribution in [0.1, 0.15) is 76.9 Å². The number of piperidine rings is 1. The maximum absolute atomic E-state index is 15.5. The van der Waals surface area contributed by atoms with E-state index in [2.05, 4.69) is 20.0 Å². The number of fused-ring (bicyclic) bond motifs is 2. The molecule has 3 aromatic rings. The lowest BCUT2D eigenvalue weighted by molar-refractivity contribution is -0.136. The molecule has 6 heterocycles. The largest absolute Gasteiger partial charge is 0.490 e. The average molecular weight is 795 g/mol. The number of nitrogens with zero attached hydrogens (tertiary/aromatic N) is 7. The first-order chi connectivity index (χ1) is 27.6. The molecule has 9 rings (SSSR count). The fourth-order valence-electron chi connectivity index (χ4n) is 9.53. The number of nitrogens with one attached hydrogen (secondary N) is 1. The lowest BCUT2D eigenvalue weighted by atomic mass is 9.92. The Balaban J connectivity index is 0.750. The van der Waals surface area contributed by atoms with E-state index in [0.717, 1.165) is 76.3 Å². The van der Waals surface area contributed by atoms with Gasteiger partial charge in [-0.2, -0.15) is 0 Å². The number of ether oxygens (including phenoxy) is 1. The molecule has 0 spiro atoms. The van der Waals surface area contributed by atoms with Crippen molar-refractivity contribution in [2.24, 2.45) is 5.92 Å². The van der Waals surface area contributed by atoms with Crippen LogP contribution in [-0.4, -0.2) is 107 Å². The van der Waals surface area contributed by atoms with E-state index < -0.39 is 11.9 Å². The van der Waals surface area contributed by atoms with Gasteiger partial charge in [-0.3, -0.25) is 29.4 Å². The van der Waals surface area contributed by atoms with Crippen molar-refractivity contribution in [3.05, 3.63) is 87.1 Å². The van der Waals surface area contributed by atoms with E-state index in [1.807, 2.05) is 21.9 Å². The molecule has 1 saturated carbocycles. The summed E-state index contributed by atoms with van der Waals surface area (Å²) in [6.45, 7) is 13.4. The van der Waals surface area contributed by atoms with Crippen molar-refractivity contribution in [2.75, 3.05) is 55.6 Å². The summed E-state index contributed by atoms with van der Waals surface area (Å²) in [5, 5.41) is 2.70. The molecule has 2 aromatic carbocycles. The molecule has 0 bridgehead atoms. The van der Waals surface area contributed by atoms with E-state index >= 15 is 4.39 Å². The number of pyridine rings is 1. The molecule has 1 aromatic heterocycles. The molecule has 1 aliphatic carbocycles. The monoisotopic (exact) mass is 794 g/mol. The molecule has 13 nitrogen and oxygen atoms in total. The number of amides is 4. The topological polar surface area (TPSA) is 123 Å². The maximum atomic E-state index is 15.5. The van der Waals surface area contributed by atoms with Crippen LogP contribution in [-0.2, 0) is 22.7 Å². The molecule has 1 unspecified atom stereocenters. The van der Waals surface area contributed by atoms with Crippen LogP contribution in [0.4, 0.5) is 21.6 Å². The van der Waals surface area contributed by atoms with Gasteiger partial charge in [0, 0.05) is 70.4 Å². The molecular formula is C42H44ClFN8O5. The summed E-state index contributed by atoms with van der Waals surface area (Å²) in [5.41, 5.74) is 3.33. The lowest BCUT2D eigenvalue weighted by Crippen LogP contribution is -2.52. The van der Waals surface area contributed by atoms with E-state index in [9.17, 15) is 19.2 Å². The van der Waals surface area contributed by atoms with Gasteiger partial charge in [-0.1, -0.05) is 17.7 Å². The summed E-state index contributed by atoms with van der Waals surface area (Å²) < 4.78 is 21.6. The maximum Gasteiger partial charge on any atom is 0.256 e. The number of hydrogen-bond donors (Lipinski definition) is 1. The Morgan fingerprint density at radius 2 is 1.65 bits per heavy atom. The third kappa shape index (κ3) is 7.27. The first-order valence-corrected chi connectivity index (χ1v) is 20.3. The van der Waals surface area contributed by atoms with Gasteiger partial charge in [-0.15, -0.1) is 0 Å². The van der Waals surface area contributed by atoms with Gasteiger partial charge in [-0.05, 0) is 86.4 Å². The van der Waals surface area contributed by atoms with Crippen molar-refractivity contribution in [3.8, 4) is 5.75 Å². The van der Waals surface area contributed by atoms with Gasteiger partial charge in [0.15, 0.2) is 0 Å². The molecular weight excluding hydrogens is 751 g/mol. The minimum atomic E-state index is -0.732. The van der Waals surface area contributed by atoms with Gasteiger partial charge in [0.05, 0.1) is 41.2 Å². The summed E-state index contributed by atoms with van der Waals surface area (Å²) in [6, 6.07) is 11.6. The van der Waals surface area contributed by atoms with Crippen molar-refractivity contribution >= 4 is 52.4 Å². The Hall–Kier alpha value is -5.26. The van der Waals surface area contributed by atoms with Crippen molar-refractivity contribution in [1.29, 1.82) is 0 Å². The van der Waals surface area contributed by atoms with Crippen LogP contribution in [0.5, 0.6) is 5.75 Å². The Morgan fingerprint density at radius 3 is 2.40 bits per heavy atom. The number of benzene rings is 2. The number of hydrogen-bond acceptors (Lipinski definition) is 9. The fourth-order valence-corrected chi connectivity index (χ4v) is 9.74. The van der Waals surface area contributed by atoms with E-state index in [1.165, 1.54) is 11.0 Å². The van der Waals surface area contributed by atoms with E-state index in [-0.39, 0.29) is 55.1 Å². The first-order valence-electron chi connectivity index (χ1n) is 20.0. The smallest absolute Gasteiger partial charge is 0.256 e. The van der Waals surface area contributed by atoms with E-state index in [4.69, 9.17) is 27.9 Å². The zero-order valence-corrected chi connectivity index (χ0v) is 32.3. The number of piperazine rings is 1. The average Bonchev–Trinajstić information content (AvgIpc) is 3.90. The molecule has 0 radical (unpaired) electrons. The Morgan fingerprint density at radius 1 is 0.860 bits per heavy atom. The van der Waals surface area contributed by atoms with Gasteiger partial charge in [0.2, 0.25) is 17.5 Å². The summed E-state index contributed by atoms with van der Waals surface area (Å²) >= 11 is 6.20. The van der Waals surface area contributed by atoms with Crippen molar-refractivity contribution < 1.29 is 28.3 Å². The van der Waals surface area contributed by atoms with Crippen LogP contribution in [0.2, 0.25) is 5.02 Å². The number of carbonyl (C=O) groups is 4. The highest BCUT2D eigenvalue weighted by atomic mass is 35.5. The molecule has 296 valence electrons. The highest BCUT2D eigenvalue weighted by molar-refractivity contribution is 6.33. The highest BCUT2D eigenvalue weighted by Gasteiger charge is 2.41. The zero-order chi connectivity index (χ0) is 39.4. The lowest BCUT2D eigenvalue weighted by Gasteiger charge is -2.37. The number of halogens is 2. The molecule has 4 amide bonds. The van der Waals surface area contributed by atoms with Gasteiger partial charge in [0.1, 0.15) is 23.4 Å². The quantitative estimate of drug-likeness (QED) is 0.243. The van der Waals surface area contributed by atoms with Gasteiger partial charge in [-0.25, -0.2) is 14.2 Å². The molecule has 15 heteroatoms. The van der Waals surface area contributed by atoms with Gasteiger partial charge >= 0.3 is 0 Å². The van der Waals surface area contributed by atoms with Crippen molar-refractivity contribution in [2.45, 2.75) is 76.2 Å². The molecule has 2 atom stereocenters. The third-order valence-electron chi connectivity index (χ3n) is 12.6. The second kappa shape index (κ2) is 15.2. The van der Waals surface area contributed by atoms with Crippen LogP contribution < -0.4 is 19.9 Å². The number of rotatable bonds is 8. The van der Waals surface area contributed by atoms with E-state index in [1.54, 1.807) is 24.3 Å². The molecule has 3 saturated heterocycles. The van der Waals surface area contributed by atoms with Crippen LogP contribution in [0, 0.1) is 18.3 Å². The third-order valence-corrected chi connectivity index (χ3v) is 12.9. The summed E-state index contributed by atoms with van der Waals surface area (Å²) in [4.78, 5) is 69.5. The Bertz CT molecular complexity index is 2180. The summed E-state index contributed by atoms with van der Waals surface area (Å²) in [5.74, 6) is 0.586. The molecule has 5 aliphatic heterocycles. The first kappa shape index (κ1) is 37.3. The number of aromatic nitrogens is 1. The molecule has 1 N–H and O–H groups in total. The van der Waals surface area contributed by atoms with Crippen molar-refractivity contribution in [1.82, 2.24) is 25.0 Å². The summed E-state index contributed by atoms with van der Waals surface area (Å²) in [7, 11) is 0. The van der Waals surface area contributed by atoms with Crippen LogP contribution in [0.15, 0.2) is 42.5 Å². The number of carbonyl (C=O) groups excluding carboxylic acids is 4. The second-order valence-electron chi connectivity index (χ2n) is 16.1. The molecule has 57 heavy (non-hydrogen) atoms. The van der Waals surface area contributed by atoms with Gasteiger partial charge < -0.3 is 24.3 Å². The fraction of sp³-hybridized carbons (Fsp3) is 0.476. The Kier molecular flexibility index (Phi) is 9.98.